The summed E-state index contributed by atoms with van der Waals surface area (Å²) in [5.41, 5.74) is -0.478. The fourth-order valence-corrected chi connectivity index (χ4v) is 5.98. The Morgan fingerprint density at radius 2 is 1.95 bits per heavy atom. The van der Waals surface area contributed by atoms with E-state index in [2.05, 4.69) is 16.8 Å². The molecule has 9 nitrogen and oxygen atoms in total. The van der Waals surface area contributed by atoms with E-state index in [1.165, 1.54) is 30.3 Å². The second-order valence-electron chi connectivity index (χ2n) is 10.4. The van der Waals surface area contributed by atoms with Crippen LogP contribution < -0.4 is 4.74 Å². The maximum atomic E-state index is 13.6. The molecule has 0 spiro atoms. The number of aliphatic hydroxyl groups excluding tert-OH is 1. The lowest BCUT2D eigenvalue weighted by Gasteiger charge is -2.37. The van der Waals surface area contributed by atoms with Gasteiger partial charge in [0.25, 0.3) is 5.91 Å². The number of likely N-dealkylation sites (N-methyl/N-ethyl adjacent to an activating group) is 1. The first-order valence-corrected chi connectivity index (χ1v) is 14.4. The number of halogens is 1. The third-order valence-corrected chi connectivity index (χ3v) is 9.19. The summed E-state index contributed by atoms with van der Waals surface area (Å²) in [4.78, 5) is 19.4. The average Bonchev–Trinajstić information content (AvgIpc) is 3.35. The highest BCUT2D eigenvalue weighted by molar-refractivity contribution is 7.89. The molecule has 2 N–H and O–H groups in total. The standard InChI is InChI=1S/C28H34FN3O6S/c1-19-16-32(20(2)18-33)27(34)24-14-21(10-13-28(35)11-4-5-12-28)15-30-26(24)38-25(19)17-31(3)39(36,37)23-8-6-22(29)7-9-23/h6-9,14-15,19-20,25,33,35H,4-5,11-12,16-18H2,1-3H3/t19-,20-,25+/m0/s1. The zero-order valence-corrected chi connectivity index (χ0v) is 23.1. The lowest BCUT2D eigenvalue weighted by atomic mass is 10.00. The van der Waals surface area contributed by atoms with Crippen molar-refractivity contribution in [3.05, 3.63) is 53.5 Å². The highest BCUT2D eigenvalue weighted by Crippen LogP contribution is 2.30. The molecule has 210 valence electrons. The molecule has 2 heterocycles. The van der Waals surface area contributed by atoms with Crippen molar-refractivity contribution >= 4 is 15.9 Å². The van der Waals surface area contributed by atoms with E-state index in [1.54, 1.807) is 13.0 Å². The maximum Gasteiger partial charge on any atom is 0.259 e. The lowest BCUT2D eigenvalue weighted by molar-refractivity contribution is 0.0373. The van der Waals surface area contributed by atoms with Crippen molar-refractivity contribution in [3.63, 3.8) is 0 Å². The number of pyridine rings is 1. The Hall–Kier alpha value is -3.04. The summed E-state index contributed by atoms with van der Waals surface area (Å²) in [6.07, 6.45) is 3.75. The first kappa shape index (κ1) is 29.0. The summed E-state index contributed by atoms with van der Waals surface area (Å²) in [5.74, 6) is 4.61. The number of aliphatic hydroxyl groups is 2. The molecule has 4 rings (SSSR count). The summed E-state index contributed by atoms with van der Waals surface area (Å²) < 4.78 is 46.9. The van der Waals surface area contributed by atoms with E-state index in [-0.39, 0.29) is 47.9 Å². The number of carbonyl (C=O) groups excluding carboxylic acids is 1. The van der Waals surface area contributed by atoms with Crippen LogP contribution in [-0.4, -0.2) is 83.2 Å². The predicted molar refractivity (Wildman–Crippen MR) is 142 cm³/mol. The largest absolute Gasteiger partial charge is 0.472 e. The van der Waals surface area contributed by atoms with E-state index in [0.29, 0.717) is 18.4 Å². The number of nitrogens with zero attached hydrogens (tertiary/aromatic N) is 3. The smallest absolute Gasteiger partial charge is 0.259 e. The molecule has 1 aliphatic carbocycles. The van der Waals surface area contributed by atoms with Crippen LogP contribution in [0, 0.1) is 23.6 Å². The topological polar surface area (TPSA) is 120 Å². The van der Waals surface area contributed by atoms with E-state index in [9.17, 15) is 27.8 Å². The third kappa shape index (κ3) is 6.41. The van der Waals surface area contributed by atoms with Crippen LogP contribution in [0.5, 0.6) is 5.88 Å². The lowest BCUT2D eigenvalue weighted by Crippen LogP contribution is -2.50. The van der Waals surface area contributed by atoms with Crippen molar-refractivity contribution < 1.29 is 32.6 Å². The van der Waals surface area contributed by atoms with Gasteiger partial charge < -0.3 is 19.8 Å². The van der Waals surface area contributed by atoms with Crippen LogP contribution in [0.4, 0.5) is 4.39 Å². The van der Waals surface area contributed by atoms with Gasteiger partial charge in [-0.3, -0.25) is 4.79 Å². The van der Waals surface area contributed by atoms with Gasteiger partial charge in [0.1, 0.15) is 23.1 Å². The Balaban J connectivity index is 1.66. The Morgan fingerprint density at radius 3 is 2.59 bits per heavy atom. The number of fused-ring (bicyclic) bond motifs is 1. The molecular formula is C28H34FN3O6S. The molecule has 2 aromatic rings. The molecule has 1 aromatic carbocycles. The minimum Gasteiger partial charge on any atom is -0.472 e. The van der Waals surface area contributed by atoms with Crippen molar-refractivity contribution in [2.75, 3.05) is 26.7 Å². The molecule has 0 bridgehead atoms. The summed E-state index contributed by atoms with van der Waals surface area (Å²) >= 11 is 0. The van der Waals surface area contributed by atoms with Gasteiger partial charge in [-0.15, -0.1) is 0 Å². The van der Waals surface area contributed by atoms with Crippen LogP contribution in [0.15, 0.2) is 41.4 Å². The number of sulfonamides is 1. The number of hydrogen-bond donors (Lipinski definition) is 2. The van der Waals surface area contributed by atoms with Crippen molar-refractivity contribution in [2.24, 2.45) is 5.92 Å². The van der Waals surface area contributed by atoms with Gasteiger partial charge in [-0.25, -0.2) is 17.8 Å². The van der Waals surface area contributed by atoms with Crippen LogP contribution in [0.25, 0.3) is 0 Å². The van der Waals surface area contributed by atoms with Gasteiger partial charge in [0, 0.05) is 31.3 Å². The van der Waals surface area contributed by atoms with Gasteiger partial charge in [0.05, 0.1) is 24.1 Å². The molecule has 0 radical (unpaired) electrons. The zero-order chi connectivity index (χ0) is 28.4. The van der Waals surface area contributed by atoms with E-state index >= 15 is 0 Å². The van der Waals surface area contributed by atoms with E-state index < -0.39 is 33.6 Å². The van der Waals surface area contributed by atoms with Gasteiger partial charge in [-0.1, -0.05) is 18.8 Å². The second-order valence-corrected chi connectivity index (χ2v) is 12.5. The molecule has 3 atom stereocenters. The number of benzene rings is 1. The van der Waals surface area contributed by atoms with Crippen molar-refractivity contribution in [3.8, 4) is 17.7 Å². The summed E-state index contributed by atoms with van der Waals surface area (Å²) in [6, 6.07) is 5.62. The normalized spacial score (nSPS) is 21.8. The number of rotatable bonds is 6. The third-order valence-electron chi connectivity index (χ3n) is 7.35. The van der Waals surface area contributed by atoms with Crippen molar-refractivity contribution in [1.82, 2.24) is 14.2 Å². The molecule has 0 saturated heterocycles. The average molecular weight is 560 g/mol. The second kappa shape index (κ2) is 11.6. The highest BCUT2D eigenvalue weighted by Gasteiger charge is 2.36. The minimum atomic E-state index is -3.95. The zero-order valence-electron chi connectivity index (χ0n) is 22.3. The molecule has 1 amide bonds. The molecular weight excluding hydrogens is 525 g/mol. The molecule has 2 aliphatic rings. The minimum absolute atomic E-state index is 0.0319. The SMILES string of the molecule is C[C@H]1CN([C@@H](C)CO)C(=O)c2cc(C#CC3(O)CCCC3)cnc2O[C@@H]1CN(C)S(=O)(=O)c1ccc(F)cc1. The van der Waals surface area contributed by atoms with E-state index in [0.717, 1.165) is 29.3 Å². The molecule has 0 unspecified atom stereocenters. The Kier molecular flexibility index (Phi) is 8.61. The maximum absolute atomic E-state index is 13.6. The van der Waals surface area contributed by atoms with Crippen LogP contribution >= 0.6 is 0 Å². The van der Waals surface area contributed by atoms with Crippen molar-refractivity contribution in [1.29, 1.82) is 0 Å². The fraction of sp³-hybridized carbons (Fsp3) is 0.500. The Labute approximate surface area is 228 Å². The number of hydrogen-bond acceptors (Lipinski definition) is 7. The quantitative estimate of drug-likeness (QED) is 0.522. The molecule has 1 aromatic heterocycles. The Bertz CT molecular complexity index is 1370. The first-order chi connectivity index (χ1) is 18.4. The fourth-order valence-electron chi connectivity index (χ4n) is 4.80. The Morgan fingerprint density at radius 1 is 1.28 bits per heavy atom. The predicted octanol–water partition coefficient (Wildman–Crippen LogP) is 2.42. The molecule has 39 heavy (non-hydrogen) atoms. The summed E-state index contributed by atoms with van der Waals surface area (Å²) in [5, 5.41) is 20.4. The summed E-state index contributed by atoms with van der Waals surface area (Å²) in [7, 11) is -2.54. The molecule has 1 fully saturated rings. The first-order valence-electron chi connectivity index (χ1n) is 13.0. The van der Waals surface area contributed by atoms with Gasteiger partial charge >= 0.3 is 0 Å². The number of carbonyl (C=O) groups is 1. The van der Waals surface area contributed by atoms with E-state index in [1.807, 2.05) is 6.92 Å². The van der Waals surface area contributed by atoms with Crippen LogP contribution in [0.2, 0.25) is 0 Å². The molecule has 11 heteroatoms. The van der Waals surface area contributed by atoms with Gasteiger partial charge in [0.15, 0.2) is 0 Å². The summed E-state index contributed by atoms with van der Waals surface area (Å²) in [6.45, 7) is 3.43. The van der Waals surface area contributed by atoms with Gasteiger partial charge in [-0.2, -0.15) is 4.31 Å². The van der Waals surface area contributed by atoms with Crippen molar-refractivity contribution in [2.45, 2.75) is 62.2 Å². The highest BCUT2D eigenvalue weighted by atomic mass is 32.2. The van der Waals surface area contributed by atoms with Crippen LogP contribution in [0.3, 0.4) is 0 Å². The number of aromatic nitrogens is 1. The molecule has 1 saturated carbocycles. The van der Waals surface area contributed by atoms with E-state index in [4.69, 9.17) is 4.74 Å². The van der Waals surface area contributed by atoms with Crippen LogP contribution in [-0.2, 0) is 10.0 Å². The van der Waals surface area contributed by atoms with Gasteiger partial charge in [-0.05, 0) is 62.9 Å². The van der Waals surface area contributed by atoms with Crippen LogP contribution in [0.1, 0.15) is 55.5 Å². The monoisotopic (exact) mass is 559 g/mol. The number of amides is 1. The number of ether oxygens (including phenoxy) is 1. The molecule has 1 aliphatic heterocycles. The van der Waals surface area contributed by atoms with Gasteiger partial charge in [0.2, 0.25) is 15.9 Å².